The summed E-state index contributed by atoms with van der Waals surface area (Å²) in [6.07, 6.45) is 6.43. The first-order valence-corrected chi connectivity index (χ1v) is 5.45. The molecule has 0 aliphatic heterocycles. The van der Waals surface area contributed by atoms with Crippen LogP contribution in [0.15, 0.2) is 30.9 Å². The average Bonchev–Trinajstić information content (AvgIpc) is 2.72. The zero-order valence-electron chi connectivity index (χ0n) is 9.40. The van der Waals surface area contributed by atoms with Crippen LogP contribution in [0.2, 0.25) is 0 Å². The lowest BCUT2D eigenvalue weighted by Gasteiger charge is -2.03. The van der Waals surface area contributed by atoms with Gasteiger partial charge in [0, 0.05) is 24.6 Å². The Hall–Kier alpha value is -1.68. The second kappa shape index (κ2) is 5.42. The van der Waals surface area contributed by atoms with Crippen molar-refractivity contribution in [3.05, 3.63) is 47.8 Å². The minimum absolute atomic E-state index is 0.815. The highest BCUT2D eigenvalue weighted by molar-refractivity contribution is 5.10. The van der Waals surface area contributed by atoms with Crippen LogP contribution in [0.1, 0.15) is 17.0 Å². The van der Waals surface area contributed by atoms with Crippen molar-refractivity contribution in [3.63, 3.8) is 0 Å². The molecular weight excluding hydrogens is 200 g/mol. The van der Waals surface area contributed by atoms with Crippen LogP contribution in [0.5, 0.6) is 0 Å². The van der Waals surface area contributed by atoms with E-state index in [2.05, 4.69) is 26.3 Å². The number of imidazole rings is 1. The van der Waals surface area contributed by atoms with E-state index >= 15 is 0 Å². The van der Waals surface area contributed by atoms with Gasteiger partial charge in [0.15, 0.2) is 0 Å². The number of hydrogen-bond donors (Lipinski definition) is 2. The number of nitrogens with one attached hydrogen (secondary N) is 2. The van der Waals surface area contributed by atoms with E-state index in [0.717, 1.165) is 30.9 Å². The maximum Gasteiger partial charge on any atom is 0.0925 e. The lowest BCUT2D eigenvalue weighted by Crippen LogP contribution is -2.17. The number of aromatic nitrogens is 3. The number of rotatable bonds is 5. The summed E-state index contributed by atoms with van der Waals surface area (Å²) in [5.74, 6) is 0. The molecule has 0 unspecified atom stereocenters. The summed E-state index contributed by atoms with van der Waals surface area (Å²) in [6.45, 7) is 3.79. The van der Waals surface area contributed by atoms with Gasteiger partial charge in [-0.05, 0) is 31.5 Å². The second-order valence-corrected chi connectivity index (χ2v) is 3.76. The Morgan fingerprint density at radius 2 is 2.38 bits per heavy atom. The molecule has 0 aromatic carbocycles. The molecule has 2 N–H and O–H groups in total. The van der Waals surface area contributed by atoms with Crippen LogP contribution < -0.4 is 5.32 Å². The lowest BCUT2D eigenvalue weighted by atomic mass is 10.2. The zero-order valence-corrected chi connectivity index (χ0v) is 9.40. The van der Waals surface area contributed by atoms with Crippen LogP contribution in [-0.2, 0) is 13.0 Å². The molecule has 84 valence electrons. The van der Waals surface area contributed by atoms with Crippen molar-refractivity contribution in [3.8, 4) is 0 Å². The van der Waals surface area contributed by atoms with E-state index in [1.165, 1.54) is 5.56 Å². The van der Waals surface area contributed by atoms with E-state index in [4.69, 9.17) is 0 Å². The number of H-pyrrole nitrogens is 1. The van der Waals surface area contributed by atoms with Gasteiger partial charge in [-0.15, -0.1) is 0 Å². The number of nitrogens with zero attached hydrogens (tertiary/aromatic N) is 2. The Balaban J connectivity index is 1.72. The van der Waals surface area contributed by atoms with Gasteiger partial charge in [0.1, 0.15) is 0 Å². The molecule has 0 radical (unpaired) electrons. The van der Waals surface area contributed by atoms with Gasteiger partial charge in [-0.2, -0.15) is 0 Å². The molecule has 0 atom stereocenters. The van der Waals surface area contributed by atoms with Crippen molar-refractivity contribution in [1.82, 2.24) is 20.3 Å². The highest BCUT2D eigenvalue weighted by Gasteiger charge is 1.99. The minimum Gasteiger partial charge on any atom is -0.348 e. The summed E-state index contributed by atoms with van der Waals surface area (Å²) in [5, 5.41) is 3.37. The molecule has 2 aromatic heterocycles. The number of aromatic amines is 1. The van der Waals surface area contributed by atoms with Gasteiger partial charge in [0.25, 0.3) is 0 Å². The maximum atomic E-state index is 4.23. The van der Waals surface area contributed by atoms with Crippen molar-refractivity contribution < 1.29 is 0 Å². The Morgan fingerprint density at radius 1 is 1.44 bits per heavy atom. The fraction of sp³-hybridized carbons (Fsp3) is 0.333. The maximum absolute atomic E-state index is 4.23. The van der Waals surface area contributed by atoms with Gasteiger partial charge in [-0.25, -0.2) is 4.98 Å². The molecule has 0 aliphatic carbocycles. The Labute approximate surface area is 95.1 Å². The number of hydrogen-bond acceptors (Lipinski definition) is 3. The second-order valence-electron chi connectivity index (χ2n) is 3.76. The molecule has 0 saturated carbocycles. The fourth-order valence-electron chi connectivity index (χ4n) is 1.55. The first-order chi connectivity index (χ1) is 7.86. The Morgan fingerprint density at radius 3 is 3.06 bits per heavy atom. The van der Waals surface area contributed by atoms with Crippen LogP contribution >= 0.6 is 0 Å². The van der Waals surface area contributed by atoms with Crippen molar-refractivity contribution in [2.24, 2.45) is 0 Å². The topological polar surface area (TPSA) is 53.6 Å². The monoisotopic (exact) mass is 216 g/mol. The molecule has 16 heavy (non-hydrogen) atoms. The van der Waals surface area contributed by atoms with E-state index < -0.39 is 0 Å². The largest absolute Gasteiger partial charge is 0.348 e. The third kappa shape index (κ3) is 2.90. The van der Waals surface area contributed by atoms with E-state index in [0.29, 0.717) is 0 Å². The number of aryl methyl sites for hydroxylation is 1. The standard InChI is InChI=1S/C12H16N4/c1-10-12(16-9-15-10)8-14-6-4-11-3-2-5-13-7-11/h2-3,5,7,9,14H,4,6,8H2,1H3,(H,15,16). The summed E-state index contributed by atoms with van der Waals surface area (Å²) in [6, 6.07) is 4.06. The van der Waals surface area contributed by atoms with Crippen LogP contribution in [0, 0.1) is 6.92 Å². The summed E-state index contributed by atoms with van der Waals surface area (Å²) in [4.78, 5) is 11.4. The predicted octanol–water partition coefficient (Wildman–Crippen LogP) is 1.45. The first kappa shape index (κ1) is 10.8. The summed E-state index contributed by atoms with van der Waals surface area (Å²) < 4.78 is 0. The van der Waals surface area contributed by atoms with Crippen molar-refractivity contribution in [2.45, 2.75) is 19.9 Å². The molecule has 0 amide bonds. The van der Waals surface area contributed by atoms with Crippen molar-refractivity contribution in [2.75, 3.05) is 6.54 Å². The van der Waals surface area contributed by atoms with Crippen LogP contribution in [-0.4, -0.2) is 21.5 Å². The third-order valence-corrected chi connectivity index (χ3v) is 2.54. The molecule has 0 fully saturated rings. The summed E-state index contributed by atoms with van der Waals surface area (Å²) in [5.41, 5.74) is 3.48. The van der Waals surface area contributed by atoms with Gasteiger partial charge in [-0.1, -0.05) is 6.07 Å². The molecule has 0 bridgehead atoms. The van der Waals surface area contributed by atoms with Gasteiger partial charge in [0.05, 0.1) is 12.0 Å². The minimum atomic E-state index is 0.815. The molecule has 0 spiro atoms. The molecule has 2 aromatic rings. The molecule has 4 heteroatoms. The highest BCUT2D eigenvalue weighted by atomic mass is 14.9. The van der Waals surface area contributed by atoms with Crippen LogP contribution in [0.25, 0.3) is 0 Å². The summed E-state index contributed by atoms with van der Waals surface area (Å²) >= 11 is 0. The average molecular weight is 216 g/mol. The Bertz CT molecular complexity index is 422. The van der Waals surface area contributed by atoms with E-state index in [1.54, 1.807) is 12.5 Å². The quantitative estimate of drug-likeness (QED) is 0.744. The van der Waals surface area contributed by atoms with E-state index in [1.807, 2.05) is 19.2 Å². The molecule has 2 rings (SSSR count). The van der Waals surface area contributed by atoms with Crippen LogP contribution in [0.4, 0.5) is 0 Å². The van der Waals surface area contributed by atoms with Crippen molar-refractivity contribution in [1.29, 1.82) is 0 Å². The molecule has 0 saturated heterocycles. The molecule has 2 heterocycles. The smallest absolute Gasteiger partial charge is 0.0925 e. The SMILES string of the molecule is Cc1[nH]cnc1CNCCc1cccnc1. The third-order valence-electron chi connectivity index (χ3n) is 2.54. The van der Waals surface area contributed by atoms with Crippen LogP contribution in [0.3, 0.4) is 0 Å². The van der Waals surface area contributed by atoms with E-state index in [-0.39, 0.29) is 0 Å². The van der Waals surface area contributed by atoms with Gasteiger partial charge in [0.2, 0.25) is 0 Å². The first-order valence-electron chi connectivity index (χ1n) is 5.45. The normalized spacial score (nSPS) is 10.6. The van der Waals surface area contributed by atoms with Gasteiger partial charge in [-0.3, -0.25) is 4.98 Å². The summed E-state index contributed by atoms with van der Waals surface area (Å²) in [7, 11) is 0. The lowest BCUT2D eigenvalue weighted by molar-refractivity contribution is 0.673. The Kier molecular flexibility index (Phi) is 3.66. The molecule has 0 aliphatic rings. The van der Waals surface area contributed by atoms with Gasteiger partial charge < -0.3 is 10.3 Å². The molecular formula is C12H16N4. The fourth-order valence-corrected chi connectivity index (χ4v) is 1.55. The highest BCUT2D eigenvalue weighted by Crippen LogP contribution is 2.00. The number of pyridine rings is 1. The van der Waals surface area contributed by atoms with Crippen molar-refractivity contribution >= 4 is 0 Å². The van der Waals surface area contributed by atoms with Gasteiger partial charge >= 0.3 is 0 Å². The zero-order chi connectivity index (χ0) is 11.2. The van der Waals surface area contributed by atoms with E-state index in [9.17, 15) is 0 Å². The predicted molar refractivity (Wildman–Crippen MR) is 63.0 cm³/mol. The molecule has 4 nitrogen and oxygen atoms in total.